The molecule has 0 spiro atoms. The van der Waals surface area contributed by atoms with Gasteiger partial charge >= 0.3 is 5.97 Å². The molecule has 1 N–H and O–H groups in total. The van der Waals surface area contributed by atoms with E-state index in [1.54, 1.807) is 37.5 Å². The molecule has 1 heterocycles. The van der Waals surface area contributed by atoms with Crippen molar-refractivity contribution in [3.8, 4) is 17.0 Å². The highest BCUT2D eigenvalue weighted by atomic mass is 16.5. The van der Waals surface area contributed by atoms with Gasteiger partial charge in [0, 0.05) is 5.56 Å². The molecule has 0 amide bonds. The number of aromatic nitrogens is 3. The van der Waals surface area contributed by atoms with Gasteiger partial charge in [0.2, 0.25) is 0 Å². The first-order chi connectivity index (χ1) is 9.17. The van der Waals surface area contributed by atoms with E-state index in [4.69, 9.17) is 9.84 Å². The fourth-order valence-corrected chi connectivity index (χ4v) is 1.74. The fourth-order valence-electron chi connectivity index (χ4n) is 1.74. The number of methoxy groups -OCH3 is 1. The van der Waals surface area contributed by atoms with E-state index in [2.05, 4.69) is 16.9 Å². The lowest BCUT2D eigenvalue weighted by atomic mass is 10.1. The third-order valence-corrected chi connectivity index (χ3v) is 2.60. The number of carboxylic acids is 1. The number of nitrogens with zero attached hydrogens (tertiary/aromatic N) is 3. The lowest BCUT2D eigenvalue weighted by Crippen LogP contribution is -2.03. The van der Waals surface area contributed by atoms with Crippen LogP contribution in [0.15, 0.2) is 36.9 Å². The van der Waals surface area contributed by atoms with Gasteiger partial charge in [-0.05, 0) is 24.3 Å². The Kier molecular flexibility index (Phi) is 3.61. The Labute approximate surface area is 109 Å². The number of hydrogen-bond acceptors (Lipinski definition) is 4. The Hall–Kier alpha value is -2.63. The Morgan fingerprint density at radius 2 is 2.16 bits per heavy atom. The van der Waals surface area contributed by atoms with E-state index in [9.17, 15) is 4.79 Å². The molecule has 0 saturated carbocycles. The number of rotatable bonds is 5. The van der Waals surface area contributed by atoms with Crippen molar-refractivity contribution in [3.63, 3.8) is 0 Å². The number of aromatic carboxylic acids is 1. The number of carbonyl (C=O) groups is 1. The summed E-state index contributed by atoms with van der Waals surface area (Å²) in [7, 11) is 1.57. The zero-order valence-corrected chi connectivity index (χ0v) is 10.4. The highest BCUT2D eigenvalue weighted by Crippen LogP contribution is 2.24. The van der Waals surface area contributed by atoms with Crippen LogP contribution in [-0.4, -0.2) is 33.2 Å². The Bertz CT molecular complexity index is 602. The molecule has 1 aromatic carbocycles. The summed E-state index contributed by atoms with van der Waals surface area (Å²) in [5.41, 5.74) is 1.09. The fraction of sp³-hybridized carbons (Fsp3) is 0.154. The van der Waals surface area contributed by atoms with Crippen LogP contribution in [-0.2, 0) is 6.54 Å². The van der Waals surface area contributed by atoms with E-state index < -0.39 is 5.97 Å². The Balaban J connectivity index is 2.53. The van der Waals surface area contributed by atoms with Crippen LogP contribution in [0, 0.1) is 0 Å². The maximum absolute atomic E-state index is 11.2. The second-order valence-electron chi connectivity index (χ2n) is 3.79. The lowest BCUT2D eigenvalue weighted by molar-refractivity contribution is 0.0691. The number of hydrogen-bond donors (Lipinski definition) is 1. The van der Waals surface area contributed by atoms with E-state index in [-0.39, 0.29) is 5.69 Å². The zero-order valence-electron chi connectivity index (χ0n) is 10.4. The molecule has 2 rings (SSSR count). The molecule has 0 bridgehead atoms. The normalized spacial score (nSPS) is 10.2. The summed E-state index contributed by atoms with van der Waals surface area (Å²) >= 11 is 0. The molecule has 0 fully saturated rings. The third kappa shape index (κ3) is 2.47. The van der Waals surface area contributed by atoms with Crippen LogP contribution in [0.3, 0.4) is 0 Å². The molecule has 19 heavy (non-hydrogen) atoms. The van der Waals surface area contributed by atoms with Crippen molar-refractivity contribution < 1.29 is 14.6 Å². The average molecular weight is 259 g/mol. The minimum absolute atomic E-state index is 0.0768. The van der Waals surface area contributed by atoms with E-state index in [1.165, 1.54) is 4.68 Å². The van der Waals surface area contributed by atoms with Crippen molar-refractivity contribution >= 4 is 5.97 Å². The minimum Gasteiger partial charge on any atom is -0.497 e. The van der Waals surface area contributed by atoms with E-state index >= 15 is 0 Å². The summed E-state index contributed by atoms with van der Waals surface area (Å²) in [5.74, 6) is -0.412. The van der Waals surface area contributed by atoms with Crippen molar-refractivity contribution in [1.82, 2.24) is 15.0 Å². The zero-order chi connectivity index (χ0) is 13.8. The molecule has 0 aliphatic rings. The first-order valence-electron chi connectivity index (χ1n) is 5.59. The highest BCUT2D eigenvalue weighted by Gasteiger charge is 2.19. The lowest BCUT2D eigenvalue weighted by Gasteiger charge is -2.06. The summed E-state index contributed by atoms with van der Waals surface area (Å²) in [5, 5.41) is 16.7. The van der Waals surface area contributed by atoms with Gasteiger partial charge in [-0.2, -0.15) is 0 Å². The smallest absolute Gasteiger partial charge is 0.358 e. The van der Waals surface area contributed by atoms with Crippen molar-refractivity contribution in [2.75, 3.05) is 7.11 Å². The highest BCUT2D eigenvalue weighted by molar-refractivity contribution is 5.92. The number of carboxylic acid groups (broad SMARTS) is 1. The molecule has 98 valence electrons. The van der Waals surface area contributed by atoms with E-state index in [0.717, 1.165) is 0 Å². The predicted molar refractivity (Wildman–Crippen MR) is 69.2 cm³/mol. The summed E-state index contributed by atoms with van der Waals surface area (Å²) < 4.78 is 6.57. The number of ether oxygens (including phenoxy) is 1. The van der Waals surface area contributed by atoms with Crippen molar-refractivity contribution in [1.29, 1.82) is 0 Å². The van der Waals surface area contributed by atoms with Crippen LogP contribution < -0.4 is 4.74 Å². The topological polar surface area (TPSA) is 77.2 Å². The molecule has 0 aliphatic carbocycles. The summed E-state index contributed by atoms with van der Waals surface area (Å²) in [6.07, 6.45) is 1.63. The molecule has 1 aromatic heterocycles. The van der Waals surface area contributed by atoms with Crippen molar-refractivity contribution in [3.05, 3.63) is 42.6 Å². The molecule has 6 nitrogen and oxygen atoms in total. The van der Waals surface area contributed by atoms with Gasteiger partial charge < -0.3 is 9.84 Å². The predicted octanol–water partition coefficient (Wildman–Crippen LogP) is 1.84. The third-order valence-electron chi connectivity index (χ3n) is 2.60. The number of benzene rings is 1. The maximum atomic E-state index is 11.2. The maximum Gasteiger partial charge on any atom is 0.358 e. The first-order valence-corrected chi connectivity index (χ1v) is 5.59. The Morgan fingerprint density at radius 1 is 1.47 bits per heavy atom. The van der Waals surface area contributed by atoms with Crippen LogP contribution in [0.2, 0.25) is 0 Å². The summed E-state index contributed by atoms with van der Waals surface area (Å²) in [4.78, 5) is 11.2. The first kappa shape index (κ1) is 12.8. The molecule has 0 atom stereocenters. The quantitative estimate of drug-likeness (QED) is 0.829. The van der Waals surface area contributed by atoms with Crippen LogP contribution in [0.5, 0.6) is 5.75 Å². The second kappa shape index (κ2) is 5.34. The SMILES string of the molecule is C=CCn1nnc(C(=O)O)c1-c1ccc(OC)cc1. The molecular weight excluding hydrogens is 246 g/mol. The average Bonchev–Trinajstić information content (AvgIpc) is 2.83. The molecular formula is C13H13N3O3. The number of allylic oxidation sites excluding steroid dienone is 1. The van der Waals surface area contributed by atoms with Gasteiger partial charge in [-0.1, -0.05) is 11.3 Å². The second-order valence-corrected chi connectivity index (χ2v) is 3.79. The van der Waals surface area contributed by atoms with Crippen LogP contribution in [0.25, 0.3) is 11.3 Å². The van der Waals surface area contributed by atoms with Gasteiger partial charge in [-0.15, -0.1) is 11.7 Å². The standard InChI is InChI=1S/C13H13N3O3/c1-3-8-16-12(11(13(17)18)14-15-16)9-4-6-10(19-2)7-5-9/h3-7H,1,8H2,2H3,(H,17,18). The molecule has 0 saturated heterocycles. The molecule has 6 heteroatoms. The molecule has 0 unspecified atom stereocenters. The van der Waals surface area contributed by atoms with Gasteiger partial charge in [0.05, 0.1) is 13.7 Å². The van der Waals surface area contributed by atoms with Gasteiger partial charge in [-0.3, -0.25) is 0 Å². The van der Waals surface area contributed by atoms with Crippen molar-refractivity contribution in [2.24, 2.45) is 0 Å². The van der Waals surface area contributed by atoms with Crippen LogP contribution in [0.4, 0.5) is 0 Å². The van der Waals surface area contributed by atoms with Gasteiger partial charge in [0.15, 0.2) is 5.69 Å². The van der Waals surface area contributed by atoms with Gasteiger partial charge in [0.1, 0.15) is 11.4 Å². The largest absolute Gasteiger partial charge is 0.497 e. The molecule has 0 aliphatic heterocycles. The van der Waals surface area contributed by atoms with Gasteiger partial charge in [-0.25, -0.2) is 9.48 Å². The minimum atomic E-state index is -1.11. The van der Waals surface area contributed by atoms with Crippen molar-refractivity contribution in [2.45, 2.75) is 6.54 Å². The summed E-state index contributed by atoms with van der Waals surface area (Å²) in [6, 6.07) is 7.05. The Morgan fingerprint density at radius 3 is 2.68 bits per heavy atom. The van der Waals surface area contributed by atoms with E-state index in [0.29, 0.717) is 23.6 Å². The van der Waals surface area contributed by atoms with Crippen LogP contribution >= 0.6 is 0 Å². The van der Waals surface area contributed by atoms with Gasteiger partial charge in [0.25, 0.3) is 0 Å². The molecule has 2 aromatic rings. The molecule has 0 radical (unpaired) electrons. The van der Waals surface area contributed by atoms with Crippen LogP contribution in [0.1, 0.15) is 10.5 Å². The van der Waals surface area contributed by atoms with E-state index in [1.807, 2.05) is 0 Å². The summed E-state index contributed by atoms with van der Waals surface area (Å²) in [6.45, 7) is 4.01. The monoisotopic (exact) mass is 259 g/mol.